The second kappa shape index (κ2) is 3.21. The lowest BCUT2D eigenvalue weighted by molar-refractivity contribution is -0.105. The van der Waals surface area contributed by atoms with Gasteiger partial charge >= 0.3 is 0 Å². The Morgan fingerprint density at radius 2 is 2.06 bits per heavy atom. The zero-order chi connectivity index (χ0) is 11.2. The summed E-state index contributed by atoms with van der Waals surface area (Å²) in [7, 11) is 0. The van der Waals surface area contributed by atoms with Crippen molar-refractivity contribution >= 4 is 0 Å². The molecule has 2 saturated carbocycles. The second-order valence-electron chi connectivity index (χ2n) is 5.34. The molecule has 16 heavy (non-hydrogen) atoms. The molecule has 1 N–H and O–H groups in total. The van der Waals surface area contributed by atoms with Crippen LogP contribution in [0.1, 0.15) is 31.2 Å². The molecule has 0 spiro atoms. The molecule has 1 unspecified atom stereocenters. The van der Waals surface area contributed by atoms with E-state index in [1.54, 1.807) is 6.08 Å². The van der Waals surface area contributed by atoms with Gasteiger partial charge in [-0.1, -0.05) is 42.8 Å². The first-order valence-corrected chi connectivity index (χ1v) is 6.13. The first-order chi connectivity index (χ1) is 7.71. The topological polar surface area (TPSA) is 20.2 Å². The molecule has 1 aromatic carbocycles. The summed E-state index contributed by atoms with van der Waals surface area (Å²) >= 11 is 0. The Labute approximate surface area is 96.8 Å². The van der Waals surface area contributed by atoms with Gasteiger partial charge in [-0.3, -0.25) is 0 Å². The summed E-state index contributed by atoms with van der Waals surface area (Å²) in [4.78, 5) is 0. The Morgan fingerprint density at radius 1 is 1.31 bits per heavy atom. The third-order valence-corrected chi connectivity index (χ3v) is 4.69. The predicted octanol–water partition coefficient (Wildman–Crippen LogP) is 3.05. The van der Waals surface area contributed by atoms with Crippen molar-refractivity contribution in [2.24, 2.45) is 5.92 Å². The van der Waals surface area contributed by atoms with Crippen LogP contribution < -0.4 is 0 Å². The average molecular weight is 214 g/mol. The zero-order valence-electron chi connectivity index (χ0n) is 9.52. The molecule has 1 aromatic rings. The summed E-state index contributed by atoms with van der Waals surface area (Å²) in [5.41, 5.74) is 1.04. The van der Waals surface area contributed by atoms with Gasteiger partial charge in [0.25, 0.3) is 0 Å². The van der Waals surface area contributed by atoms with Gasteiger partial charge in [-0.2, -0.15) is 0 Å². The highest BCUT2D eigenvalue weighted by atomic mass is 16.3. The van der Waals surface area contributed by atoms with Gasteiger partial charge in [-0.25, -0.2) is 0 Å². The molecule has 0 amide bonds. The molecule has 2 fully saturated rings. The van der Waals surface area contributed by atoms with Crippen LogP contribution in [0.5, 0.6) is 0 Å². The SMILES string of the molecule is C=CC1(O)C[C@]2(c3ccccc3)CCC[C@H]12. The molecule has 0 radical (unpaired) electrons. The van der Waals surface area contributed by atoms with Crippen molar-refractivity contribution in [1.29, 1.82) is 0 Å². The Morgan fingerprint density at radius 3 is 2.75 bits per heavy atom. The molecule has 1 nitrogen and oxygen atoms in total. The normalized spacial score (nSPS) is 41.2. The molecular formula is C15H18O. The van der Waals surface area contributed by atoms with Crippen LogP contribution >= 0.6 is 0 Å². The second-order valence-corrected chi connectivity index (χ2v) is 5.34. The van der Waals surface area contributed by atoms with Crippen LogP contribution in [0.2, 0.25) is 0 Å². The van der Waals surface area contributed by atoms with E-state index in [0.717, 1.165) is 12.8 Å². The first kappa shape index (κ1) is 10.1. The van der Waals surface area contributed by atoms with Gasteiger partial charge in [-0.05, 0) is 24.8 Å². The van der Waals surface area contributed by atoms with Crippen molar-refractivity contribution in [3.63, 3.8) is 0 Å². The van der Waals surface area contributed by atoms with Crippen LogP contribution in [0, 0.1) is 5.92 Å². The van der Waals surface area contributed by atoms with Gasteiger partial charge in [0, 0.05) is 11.3 Å². The summed E-state index contributed by atoms with van der Waals surface area (Å²) in [6.45, 7) is 3.79. The molecule has 0 heterocycles. The fourth-order valence-electron chi connectivity index (χ4n) is 3.94. The minimum atomic E-state index is -0.605. The fourth-order valence-corrected chi connectivity index (χ4v) is 3.94. The molecule has 0 aromatic heterocycles. The van der Waals surface area contributed by atoms with E-state index < -0.39 is 5.60 Å². The predicted molar refractivity (Wildman–Crippen MR) is 65.2 cm³/mol. The summed E-state index contributed by atoms with van der Waals surface area (Å²) in [6, 6.07) is 10.7. The van der Waals surface area contributed by atoms with Crippen molar-refractivity contribution in [3.8, 4) is 0 Å². The molecule has 84 valence electrons. The number of fused-ring (bicyclic) bond motifs is 1. The highest BCUT2D eigenvalue weighted by molar-refractivity contribution is 5.37. The average Bonchev–Trinajstić information content (AvgIpc) is 2.69. The largest absolute Gasteiger partial charge is 0.385 e. The van der Waals surface area contributed by atoms with Crippen molar-refractivity contribution in [3.05, 3.63) is 48.6 Å². The van der Waals surface area contributed by atoms with E-state index in [9.17, 15) is 5.11 Å². The standard InChI is InChI=1S/C15H18O/c1-2-15(16)11-14(10-6-9-13(14)15)12-7-4-3-5-8-12/h2-5,7-8,13,16H,1,6,9-11H2/t13-,14-,15?/m0/s1. The highest BCUT2D eigenvalue weighted by Gasteiger charge is 2.63. The van der Waals surface area contributed by atoms with Crippen LogP contribution in [0.25, 0.3) is 0 Å². The first-order valence-electron chi connectivity index (χ1n) is 6.13. The fraction of sp³-hybridized carbons (Fsp3) is 0.467. The van der Waals surface area contributed by atoms with Crippen LogP contribution in [0.15, 0.2) is 43.0 Å². The maximum absolute atomic E-state index is 10.4. The monoisotopic (exact) mass is 214 g/mol. The summed E-state index contributed by atoms with van der Waals surface area (Å²) < 4.78 is 0. The summed E-state index contributed by atoms with van der Waals surface area (Å²) in [5, 5.41) is 10.4. The van der Waals surface area contributed by atoms with Crippen molar-refractivity contribution in [2.75, 3.05) is 0 Å². The lowest BCUT2D eigenvalue weighted by Crippen LogP contribution is -2.60. The molecular weight excluding hydrogens is 196 g/mol. The zero-order valence-corrected chi connectivity index (χ0v) is 9.52. The van der Waals surface area contributed by atoms with Crippen LogP contribution in [0.4, 0.5) is 0 Å². The number of rotatable bonds is 2. The molecule has 1 heteroatoms. The molecule has 0 bridgehead atoms. The van der Waals surface area contributed by atoms with Gasteiger partial charge in [0.15, 0.2) is 0 Å². The van der Waals surface area contributed by atoms with Gasteiger partial charge in [-0.15, -0.1) is 6.58 Å². The van der Waals surface area contributed by atoms with E-state index in [1.807, 2.05) is 0 Å². The summed E-state index contributed by atoms with van der Waals surface area (Å²) in [6.07, 6.45) is 6.20. The number of benzene rings is 1. The van der Waals surface area contributed by atoms with Crippen molar-refractivity contribution < 1.29 is 5.11 Å². The smallest absolute Gasteiger partial charge is 0.0870 e. The van der Waals surface area contributed by atoms with Crippen molar-refractivity contribution in [1.82, 2.24) is 0 Å². The quantitative estimate of drug-likeness (QED) is 0.750. The van der Waals surface area contributed by atoms with Crippen molar-refractivity contribution in [2.45, 2.75) is 36.7 Å². The number of hydrogen-bond donors (Lipinski definition) is 1. The lowest BCUT2D eigenvalue weighted by Gasteiger charge is -2.56. The van der Waals surface area contributed by atoms with E-state index >= 15 is 0 Å². The Bertz CT molecular complexity index is 411. The van der Waals surface area contributed by atoms with Gasteiger partial charge in [0.2, 0.25) is 0 Å². The molecule has 2 aliphatic rings. The van der Waals surface area contributed by atoms with E-state index in [1.165, 1.54) is 18.4 Å². The third-order valence-electron chi connectivity index (χ3n) is 4.69. The minimum Gasteiger partial charge on any atom is -0.385 e. The van der Waals surface area contributed by atoms with Crippen LogP contribution in [0.3, 0.4) is 0 Å². The maximum Gasteiger partial charge on any atom is 0.0870 e. The van der Waals surface area contributed by atoms with Crippen LogP contribution in [-0.2, 0) is 5.41 Å². The lowest BCUT2D eigenvalue weighted by atomic mass is 9.50. The maximum atomic E-state index is 10.4. The van der Waals surface area contributed by atoms with E-state index in [2.05, 4.69) is 36.9 Å². The molecule has 0 aliphatic heterocycles. The van der Waals surface area contributed by atoms with Gasteiger partial charge < -0.3 is 5.11 Å². The Balaban J connectivity index is 1.99. The van der Waals surface area contributed by atoms with Gasteiger partial charge in [0.1, 0.15) is 0 Å². The molecule has 3 atom stereocenters. The van der Waals surface area contributed by atoms with E-state index in [0.29, 0.717) is 5.92 Å². The Kier molecular flexibility index (Phi) is 2.02. The number of hydrogen-bond acceptors (Lipinski definition) is 1. The molecule has 0 saturated heterocycles. The van der Waals surface area contributed by atoms with Crippen LogP contribution in [-0.4, -0.2) is 10.7 Å². The summed E-state index contributed by atoms with van der Waals surface area (Å²) in [5.74, 6) is 0.389. The third kappa shape index (κ3) is 1.10. The molecule has 2 aliphatic carbocycles. The van der Waals surface area contributed by atoms with E-state index in [-0.39, 0.29) is 5.41 Å². The molecule has 3 rings (SSSR count). The van der Waals surface area contributed by atoms with Gasteiger partial charge in [0.05, 0.1) is 5.60 Å². The minimum absolute atomic E-state index is 0.240. The highest BCUT2D eigenvalue weighted by Crippen LogP contribution is 2.63. The Hall–Kier alpha value is -1.08. The number of aliphatic hydroxyl groups is 1. The van der Waals surface area contributed by atoms with E-state index in [4.69, 9.17) is 0 Å².